The van der Waals surface area contributed by atoms with Gasteiger partial charge in [-0.2, -0.15) is 10.1 Å². The zero-order valence-corrected chi connectivity index (χ0v) is 13.8. The van der Waals surface area contributed by atoms with Crippen molar-refractivity contribution >= 4 is 23.4 Å². The van der Waals surface area contributed by atoms with Crippen molar-refractivity contribution in [3.63, 3.8) is 0 Å². The predicted octanol–water partition coefficient (Wildman–Crippen LogP) is 3.42. The first-order chi connectivity index (χ1) is 10.7. The summed E-state index contributed by atoms with van der Waals surface area (Å²) in [5, 5.41) is 12.0. The Hall–Kier alpha value is -1.88. The minimum Gasteiger partial charge on any atom is -0.358 e. The number of aromatic nitrogens is 3. The van der Waals surface area contributed by atoms with Crippen LogP contribution in [0.4, 0.5) is 11.8 Å². The third-order valence-corrected chi connectivity index (χ3v) is 3.65. The Morgan fingerprint density at radius 1 is 1.23 bits per heavy atom. The molecule has 0 saturated carbocycles. The van der Waals surface area contributed by atoms with E-state index in [1.165, 1.54) is 5.56 Å². The SMILES string of the molecule is CCCCN(C)c1cnnc(NCCc2ccc(Cl)cc2)n1. The number of halogens is 1. The Balaban J connectivity index is 1.86. The van der Waals surface area contributed by atoms with Crippen LogP contribution in [0.15, 0.2) is 30.5 Å². The fraction of sp³-hybridized carbons (Fsp3) is 0.438. The lowest BCUT2D eigenvalue weighted by molar-refractivity contribution is 0.753. The van der Waals surface area contributed by atoms with Crippen LogP contribution in [0.1, 0.15) is 25.3 Å². The third-order valence-electron chi connectivity index (χ3n) is 3.39. The van der Waals surface area contributed by atoms with E-state index in [9.17, 15) is 0 Å². The van der Waals surface area contributed by atoms with E-state index in [0.717, 1.165) is 43.2 Å². The highest BCUT2D eigenvalue weighted by molar-refractivity contribution is 6.30. The minimum atomic E-state index is 0.565. The summed E-state index contributed by atoms with van der Waals surface area (Å²) in [7, 11) is 2.02. The van der Waals surface area contributed by atoms with Crippen LogP contribution in [0.2, 0.25) is 5.02 Å². The van der Waals surface area contributed by atoms with Crippen molar-refractivity contribution in [2.45, 2.75) is 26.2 Å². The topological polar surface area (TPSA) is 53.9 Å². The molecule has 2 rings (SSSR count). The second-order valence-electron chi connectivity index (χ2n) is 5.22. The van der Waals surface area contributed by atoms with Crippen LogP contribution in [0, 0.1) is 0 Å². The highest BCUT2D eigenvalue weighted by Gasteiger charge is 2.05. The van der Waals surface area contributed by atoms with Gasteiger partial charge in [0.2, 0.25) is 5.95 Å². The lowest BCUT2D eigenvalue weighted by Gasteiger charge is -2.17. The molecule has 5 nitrogen and oxygen atoms in total. The molecular formula is C16H22ClN5. The van der Waals surface area contributed by atoms with Gasteiger partial charge >= 0.3 is 0 Å². The molecule has 0 bridgehead atoms. The summed E-state index contributed by atoms with van der Waals surface area (Å²) < 4.78 is 0. The molecule has 22 heavy (non-hydrogen) atoms. The van der Waals surface area contributed by atoms with Gasteiger partial charge in [-0.1, -0.05) is 37.1 Å². The first kappa shape index (κ1) is 16.5. The van der Waals surface area contributed by atoms with Gasteiger partial charge < -0.3 is 10.2 Å². The molecule has 2 aromatic rings. The van der Waals surface area contributed by atoms with Crippen molar-refractivity contribution in [3.05, 3.63) is 41.0 Å². The average Bonchev–Trinajstić information content (AvgIpc) is 2.55. The molecule has 0 amide bonds. The number of benzene rings is 1. The molecule has 1 aromatic carbocycles. The molecule has 6 heteroatoms. The molecule has 0 unspecified atom stereocenters. The first-order valence-corrected chi connectivity index (χ1v) is 7.96. The maximum atomic E-state index is 5.88. The molecule has 0 aliphatic carbocycles. The smallest absolute Gasteiger partial charge is 0.244 e. The summed E-state index contributed by atoms with van der Waals surface area (Å²) in [5.41, 5.74) is 1.22. The second kappa shape index (κ2) is 8.54. The summed E-state index contributed by atoms with van der Waals surface area (Å²) in [6, 6.07) is 7.85. The number of unbranched alkanes of at least 4 members (excludes halogenated alkanes) is 1. The van der Waals surface area contributed by atoms with E-state index in [2.05, 4.69) is 32.3 Å². The largest absolute Gasteiger partial charge is 0.358 e. The summed E-state index contributed by atoms with van der Waals surface area (Å²) in [6.45, 7) is 3.90. The quantitative estimate of drug-likeness (QED) is 0.808. The van der Waals surface area contributed by atoms with E-state index >= 15 is 0 Å². The van der Waals surface area contributed by atoms with Crippen LogP contribution in [-0.4, -0.2) is 35.3 Å². The van der Waals surface area contributed by atoms with E-state index in [1.54, 1.807) is 6.20 Å². The van der Waals surface area contributed by atoms with Gasteiger partial charge in [-0.25, -0.2) is 0 Å². The number of nitrogens with one attached hydrogen (secondary N) is 1. The monoisotopic (exact) mass is 319 g/mol. The Kier molecular flexibility index (Phi) is 6.40. The normalized spacial score (nSPS) is 10.5. The van der Waals surface area contributed by atoms with E-state index in [4.69, 9.17) is 11.6 Å². The Labute approximate surface area is 136 Å². The van der Waals surface area contributed by atoms with Crippen LogP contribution in [0.5, 0.6) is 0 Å². The fourth-order valence-electron chi connectivity index (χ4n) is 2.03. The van der Waals surface area contributed by atoms with Crippen LogP contribution in [-0.2, 0) is 6.42 Å². The van der Waals surface area contributed by atoms with Gasteiger partial charge in [0, 0.05) is 25.2 Å². The van der Waals surface area contributed by atoms with Crippen molar-refractivity contribution in [3.8, 4) is 0 Å². The van der Waals surface area contributed by atoms with Gasteiger partial charge in [0.05, 0.1) is 6.20 Å². The third kappa shape index (κ3) is 5.15. The lowest BCUT2D eigenvalue weighted by atomic mass is 10.1. The Morgan fingerprint density at radius 2 is 2.00 bits per heavy atom. The zero-order valence-electron chi connectivity index (χ0n) is 13.1. The molecule has 1 aromatic heterocycles. The van der Waals surface area contributed by atoms with E-state index in [0.29, 0.717) is 5.95 Å². The maximum absolute atomic E-state index is 5.88. The molecule has 118 valence electrons. The summed E-state index contributed by atoms with van der Waals surface area (Å²) in [6.07, 6.45) is 4.88. The highest BCUT2D eigenvalue weighted by atomic mass is 35.5. The van der Waals surface area contributed by atoms with Crippen molar-refractivity contribution < 1.29 is 0 Å². The highest BCUT2D eigenvalue weighted by Crippen LogP contribution is 2.11. The molecule has 0 fully saturated rings. The van der Waals surface area contributed by atoms with E-state index in [1.807, 2.05) is 31.3 Å². The number of anilines is 2. The van der Waals surface area contributed by atoms with E-state index in [-0.39, 0.29) is 0 Å². The summed E-state index contributed by atoms with van der Waals surface area (Å²) in [5.74, 6) is 1.41. The molecular weight excluding hydrogens is 298 g/mol. The van der Waals surface area contributed by atoms with Gasteiger partial charge in [0.25, 0.3) is 0 Å². The Morgan fingerprint density at radius 3 is 2.73 bits per heavy atom. The molecule has 0 atom stereocenters. The summed E-state index contributed by atoms with van der Waals surface area (Å²) >= 11 is 5.88. The molecule has 0 aliphatic rings. The first-order valence-electron chi connectivity index (χ1n) is 7.58. The van der Waals surface area contributed by atoms with Crippen LogP contribution in [0.3, 0.4) is 0 Å². The fourth-order valence-corrected chi connectivity index (χ4v) is 2.16. The zero-order chi connectivity index (χ0) is 15.8. The number of hydrogen-bond acceptors (Lipinski definition) is 5. The standard InChI is InChI=1S/C16H22ClN5/c1-3-4-11-22(2)15-12-19-21-16(20-15)18-10-9-13-5-7-14(17)8-6-13/h5-8,12H,3-4,9-11H2,1-2H3,(H,18,20,21). The molecule has 0 aliphatic heterocycles. The van der Waals surface area contributed by atoms with E-state index < -0.39 is 0 Å². The molecule has 1 heterocycles. The summed E-state index contributed by atoms with van der Waals surface area (Å²) in [4.78, 5) is 6.59. The molecule has 1 N–H and O–H groups in total. The van der Waals surface area contributed by atoms with Crippen molar-refractivity contribution in [2.24, 2.45) is 0 Å². The van der Waals surface area contributed by atoms with Gasteiger partial charge in [0.15, 0.2) is 5.82 Å². The molecule has 0 spiro atoms. The van der Waals surface area contributed by atoms with Gasteiger partial charge in [-0.05, 0) is 30.5 Å². The average molecular weight is 320 g/mol. The van der Waals surface area contributed by atoms with Crippen LogP contribution < -0.4 is 10.2 Å². The van der Waals surface area contributed by atoms with Crippen LogP contribution >= 0.6 is 11.6 Å². The lowest BCUT2D eigenvalue weighted by Crippen LogP contribution is -2.21. The maximum Gasteiger partial charge on any atom is 0.244 e. The van der Waals surface area contributed by atoms with Gasteiger partial charge in [0.1, 0.15) is 0 Å². The van der Waals surface area contributed by atoms with Crippen molar-refractivity contribution in [1.82, 2.24) is 15.2 Å². The predicted molar refractivity (Wildman–Crippen MR) is 91.7 cm³/mol. The minimum absolute atomic E-state index is 0.565. The van der Waals surface area contributed by atoms with Crippen molar-refractivity contribution in [2.75, 3.05) is 30.4 Å². The molecule has 0 saturated heterocycles. The van der Waals surface area contributed by atoms with Crippen LogP contribution in [0.25, 0.3) is 0 Å². The van der Waals surface area contributed by atoms with Gasteiger partial charge in [-0.15, -0.1) is 5.10 Å². The number of hydrogen-bond donors (Lipinski definition) is 1. The molecule has 0 radical (unpaired) electrons. The van der Waals surface area contributed by atoms with Gasteiger partial charge in [-0.3, -0.25) is 0 Å². The second-order valence-corrected chi connectivity index (χ2v) is 5.65. The number of nitrogens with zero attached hydrogens (tertiary/aromatic N) is 4. The van der Waals surface area contributed by atoms with Crippen molar-refractivity contribution in [1.29, 1.82) is 0 Å². The number of rotatable bonds is 8. The Bertz CT molecular complexity index is 573.